The van der Waals surface area contributed by atoms with Gasteiger partial charge in [-0.05, 0) is 48.9 Å². The highest BCUT2D eigenvalue weighted by atomic mass is 32.1. The largest absolute Gasteiger partial charge is 0.573 e. The highest BCUT2D eigenvalue weighted by Gasteiger charge is 2.30. The van der Waals surface area contributed by atoms with Crippen LogP contribution in [0.3, 0.4) is 0 Å². The number of rotatable bonds is 2. The summed E-state index contributed by atoms with van der Waals surface area (Å²) in [7, 11) is 0. The molecule has 0 unspecified atom stereocenters. The van der Waals surface area contributed by atoms with Crippen LogP contribution < -0.4 is 4.74 Å². The van der Waals surface area contributed by atoms with E-state index in [4.69, 9.17) is 0 Å². The lowest BCUT2D eigenvalue weighted by Gasteiger charge is -2.08. The topological polar surface area (TPSA) is 22.1 Å². The lowest BCUT2D eigenvalue weighted by atomic mass is 10.2. The van der Waals surface area contributed by atoms with Crippen LogP contribution in [0.15, 0.2) is 42.5 Å². The predicted molar refractivity (Wildman–Crippen MR) is 76.5 cm³/mol. The Kier molecular flexibility index (Phi) is 3.33. The summed E-state index contributed by atoms with van der Waals surface area (Å²) in [5.41, 5.74) is 2.78. The molecule has 21 heavy (non-hydrogen) atoms. The molecule has 0 radical (unpaired) electrons. The lowest BCUT2D eigenvalue weighted by Crippen LogP contribution is -2.16. The number of alkyl halides is 3. The van der Waals surface area contributed by atoms with Crippen molar-refractivity contribution in [3.8, 4) is 16.3 Å². The molecule has 1 heterocycles. The number of hydrogen-bond acceptors (Lipinski definition) is 3. The molecule has 0 N–H and O–H groups in total. The van der Waals surface area contributed by atoms with Crippen LogP contribution in [0.4, 0.5) is 13.2 Å². The lowest BCUT2D eigenvalue weighted by molar-refractivity contribution is -0.274. The van der Waals surface area contributed by atoms with Crippen LogP contribution >= 0.6 is 11.3 Å². The van der Waals surface area contributed by atoms with E-state index < -0.39 is 6.36 Å². The molecule has 108 valence electrons. The quantitative estimate of drug-likeness (QED) is 0.651. The molecule has 0 saturated heterocycles. The standard InChI is InChI=1S/C15H10F3NOS/c1-9-2-7-13-12(8-9)19-14(21-13)10-3-5-11(6-4-10)20-15(16,17)18/h2-8H,1H3. The molecular formula is C15H10F3NOS. The van der Waals surface area contributed by atoms with Gasteiger partial charge in [-0.2, -0.15) is 0 Å². The zero-order valence-electron chi connectivity index (χ0n) is 10.9. The molecule has 1 aromatic heterocycles. The van der Waals surface area contributed by atoms with Gasteiger partial charge in [0.1, 0.15) is 10.8 Å². The predicted octanol–water partition coefficient (Wildman–Crippen LogP) is 5.17. The van der Waals surface area contributed by atoms with Crippen molar-refractivity contribution in [3.05, 3.63) is 48.0 Å². The molecule has 0 aliphatic heterocycles. The third-order valence-corrected chi connectivity index (χ3v) is 3.96. The maximum Gasteiger partial charge on any atom is 0.573 e. The number of aromatic nitrogens is 1. The molecule has 3 aromatic rings. The second-order valence-corrected chi connectivity index (χ2v) is 5.59. The summed E-state index contributed by atoms with van der Waals surface area (Å²) in [5.74, 6) is -0.233. The second kappa shape index (κ2) is 5.04. The zero-order valence-corrected chi connectivity index (χ0v) is 11.8. The van der Waals surface area contributed by atoms with Crippen LogP contribution in [0.5, 0.6) is 5.75 Å². The summed E-state index contributed by atoms with van der Waals surface area (Å²) < 4.78 is 41.2. The minimum absolute atomic E-state index is 0.233. The summed E-state index contributed by atoms with van der Waals surface area (Å²) in [6, 6.07) is 11.7. The number of aryl methyl sites for hydroxylation is 1. The van der Waals surface area contributed by atoms with E-state index in [0.717, 1.165) is 26.4 Å². The van der Waals surface area contributed by atoms with Gasteiger partial charge in [0.15, 0.2) is 0 Å². The minimum atomic E-state index is -4.67. The van der Waals surface area contributed by atoms with Gasteiger partial charge in [0, 0.05) is 5.56 Å². The second-order valence-electron chi connectivity index (χ2n) is 4.56. The van der Waals surface area contributed by atoms with E-state index in [-0.39, 0.29) is 5.75 Å². The maximum absolute atomic E-state index is 12.1. The molecule has 0 saturated carbocycles. The van der Waals surface area contributed by atoms with E-state index >= 15 is 0 Å². The summed E-state index contributed by atoms with van der Waals surface area (Å²) in [4.78, 5) is 4.50. The van der Waals surface area contributed by atoms with Crippen molar-refractivity contribution < 1.29 is 17.9 Å². The number of nitrogens with zero attached hydrogens (tertiary/aromatic N) is 1. The Hall–Kier alpha value is -2.08. The number of ether oxygens (including phenoxy) is 1. The fourth-order valence-corrected chi connectivity index (χ4v) is 2.91. The summed E-state index contributed by atoms with van der Waals surface area (Å²) >= 11 is 1.50. The van der Waals surface area contributed by atoms with Crippen LogP contribution in [0.1, 0.15) is 5.56 Å². The Bertz CT molecular complexity index is 778. The van der Waals surface area contributed by atoms with Gasteiger partial charge >= 0.3 is 6.36 Å². The van der Waals surface area contributed by atoms with Crippen molar-refractivity contribution in [2.24, 2.45) is 0 Å². The van der Waals surface area contributed by atoms with Gasteiger partial charge in [0.05, 0.1) is 10.2 Å². The normalized spacial score (nSPS) is 11.8. The van der Waals surface area contributed by atoms with Crippen molar-refractivity contribution in [3.63, 3.8) is 0 Å². The first-order chi connectivity index (χ1) is 9.90. The first-order valence-electron chi connectivity index (χ1n) is 6.14. The molecule has 0 atom stereocenters. The monoisotopic (exact) mass is 309 g/mol. The van der Waals surface area contributed by atoms with E-state index in [9.17, 15) is 13.2 Å². The molecular weight excluding hydrogens is 299 g/mol. The van der Waals surface area contributed by atoms with Gasteiger partial charge < -0.3 is 4.74 Å². The van der Waals surface area contributed by atoms with Crippen molar-refractivity contribution in [2.45, 2.75) is 13.3 Å². The van der Waals surface area contributed by atoms with Crippen molar-refractivity contribution in [1.29, 1.82) is 0 Å². The highest BCUT2D eigenvalue weighted by molar-refractivity contribution is 7.21. The Balaban J connectivity index is 1.91. The van der Waals surface area contributed by atoms with Crippen molar-refractivity contribution in [1.82, 2.24) is 4.98 Å². The molecule has 0 fully saturated rings. The average molecular weight is 309 g/mol. The van der Waals surface area contributed by atoms with Crippen LogP contribution in [0.25, 0.3) is 20.8 Å². The molecule has 2 nitrogen and oxygen atoms in total. The SMILES string of the molecule is Cc1ccc2sc(-c3ccc(OC(F)(F)F)cc3)nc2c1. The van der Waals surface area contributed by atoms with Crippen LogP contribution in [0, 0.1) is 6.92 Å². The fourth-order valence-electron chi connectivity index (χ4n) is 1.96. The van der Waals surface area contributed by atoms with E-state index in [0.29, 0.717) is 0 Å². The summed E-state index contributed by atoms with van der Waals surface area (Å²) in [5, 5.41) is 0.772. The van der Waals surface area contributed by atoms with Crippen LogP contribution in [-0.2, 0) is 0 Å². The Morgan fingerprint density at radius 2 is 1.76 bits per heavy atom. The van der Waals surface area contributed by atoms with Crippen LogP contribution in [0.2, 0.25) is 0 Å². The maximum atomic E-state index is 12.1. The van der Waals surface area contributed by atoms with Gasteiger partial charge in [0.25, 0.3) is 0 Å². The molecule has 2 aromatic carbocycles. The summed E-state index contributed by atoms with van der Waals surface area (Å²) in [6.45, 7) is 1.99. The Morgan fingerprint density at radius 3 is 2.43 bits per heavy atom. The van der Waals surface area contributed by atoms with Crippen LogP contribution in [-0.4, -0.2) is 11.3 Å². The van der Waals surface area contributed by atoms with Gasteiger partial charge in [-0.25, -0.2) is 4.98 Å². The van der Waals surface area contributed by atoms with E-state index in [2.05, 4.69) is 9.72 Å². The molecule has 0 bridgehead atoms. The van der Waals surface area contributed by atoms with Gasteiger partial charge in [-0.15, -0.1) is 24.5 Å². The molecule has 0 aliphatic rings. The smallest absolute Gasteiger partial charge is 0.406 e. The van der Waals surface area contributed by atoms with Gasteiger partial charge in [0.2, 0.25) is 0 Å². The summed E-state index contributed by atoms with van der Waals surface area (Å²) in [6.07, 6.45) is -4.67. The third-order valence-electron chi connectivity index (χ3n) is 2.88. The molecule has 6 heteroatoms. The number of hydrogen-bond donors (Lipinski definition) is 0. The van der Waals surface area contributed by atoms with E-state index in [1.807, 2.05) is 25.1 Å². The minimum Gasteiger partial charge on any atom is -0.406 e. The van der Waals surface area contributed by atoms with Gasteiger partial charge in [-0.3, -0.25) is 0 Å². The van der Waals surface area contributed by atoms with Crippen molar-refractivity contribution in [2.75, 3.05) is 0 Å². The first kappa shape index (κ1) is 13.9. The molecule has 0 spiro atoms. The first-order valence-corrected chi connectivity index (χ1v) is 6.96. The molecule has 3 rings (SSSR count). The third kappa shape index (κ3) is 3.16. The zero-order chi connectivity index (χ0) is 15.0. The molecule has 0 aliphatic carbocycles. The van der Waals surface area contributed by atoms with Crippen molar-refractivity contribution >= 4 is 21.6 Å². The Morgan fingerprint density at radius 1 is 1.05 bits per heavy atom. The van der Waals surface area contributed by atoms with Gasteiger partial charge in [-0.1, -0.05) is 6.07 Å². The van der Waals surface area contributed by atoms with E-state index in [1.54, 1.807) is 12.1 Å². The molecule has 0 amide bonds. The number of benzene rings is 2. The number of halogens is 3. The van der Waals surface area contributed by atoms with E-state index in [1.165, 1.54) is 23.5 Å². The highest BCUT2D eigenvalue weighted by Crippen LogP contribution is 2.32. The fraction of sp³-hybridized carbons (Fsp3) is 0.133. The Labute approximate surface area is 122 Å². The number of fused-ring (bicyclic) bond motifs is 1. The average Bonchev–Trinajstić information content (AvgIpc) is 2.80. The number of thiazole rings is 1.